The summed E-state index contributed by atoms with van der Waals surface area (Å²) >= 11 is 2.94. The highest BCUT2D eigenvalue weighted by molar-refractivity contribution is 9.08. The third kappa shape index (κ3) is 2.52. The molecule has 0 radical (unpaired) electrons. The van der Waals surface area contributed by atoms with Gasteiger partial charge in [0.25, 0.3) is 6.43 Å². The number of alkyl halides is 3. The van der Waals surface area contributed by atoms with Gasteiger partial charge in [-0.3, -0.25) is 0 Å². The lowest BCUT2D eigenvalue weighted by atomic mass is 10.1. The first kappa shape index (κ1) is 13.0. The number of halogens is 4. The molecule has 0 saturated carbocycles. The predicted molar refractivity (Wildman–Crippen MR) is 53.1 cm³/mol. The number of pyridine rings is 1. The zero-order valence-corrected chi connectivity index (χ0v) is 9.72. The summed E-state index contributed by atoms with van der Waals surface area (Å²) in [5, 5.41) is -0.00386. The van der Waals surface area contributed by atoms with E-state index in [-0.39, 0.29) is 16.6 Å². The van der Waals surface area contributed by atoms with Crippen LogP contribution < -0.4 is 0 Å². The molecule has 0 atom stereocenters. The van der Waals surface area contributed by atoms with Gasteiger partial charge in [0.2, 0.25) is 5.95 Å². The molecule has 7 heteroatoms. The van der Waals surface area contributed by atoms with E-state index >= 15 is 0 Å². The minimum atomic E-state index is -2.98. The molecular weight excluding hydrogens is 291 g/mol. The summed E-state index contributed by atoms with van der Waals surface area (Å²) in [6.45, 7) is 0. The minimum Gasteiger partial charge on any atom is -0.464 e. The van der Waals surface area contributed by atoms with Crippen LogP contribution in [0, 0.1) is 5.95 Å². The molecule has 1 aromatic rings. The average Bonchev–Trinajstić information content (AvgIpc) is 2.26. The minimum absolute atomic E-state index is 0.00386. The SMILES string of the molecule is COC(=O)c1cc(CBr)c(C(F)F)c(F)n1. The van der Waals surface area contributed by atoms with E-state index in [4.69, 9.17) is 0 Å². The molecule has 1 heterocycles. The number of carbonyl (C=O) groups excluding carboxylic acids is 1. The van der Waals surface area contributed by atoms with Crippen molar-refractivity contribution in [2.24, 2.45) is 0 Å². The smallest absolute Gasteiger partial charge is 0.356 e. The lowest BCUT2D eigenvalue weighted by molar-refractivity contribution is 0.0591. The zero-order valence-electron chi connectivity index (χ0n) is 8.14. The van der Waals surface area contributed by atoms with Gasteiger partial charge in [-0.05, 0) is 11.6 Å². The largest absolute Gasteiger partial charge is 0.464 e. The van der Waals surface area contributed by atoms with Crippen molar-refractivity contribution in [2.75, 3.05) is 7.11 Å². The van der Waals surface area contributed by atoms with Gasteiger partial charge in [0.15, 0.2) is 5.69 Å². The standard InChI is InChI=1S/C9H7BrF3NO2/c1-16-9(15)5-2-4(3-10)6(7(11)12)8(13)14-5/h2,7H,3H2,1H3. The number of rotatable bonds is 3. The molecule has 0 unspecified atom stereocenters. The van der Waals surface area contributed by atoms with Crippen molar-refractivity contribution in [1.82, 2.24) is 4.98 Å². The number of nitrogens with zero attached hydrogens (tertiary/aromatic N) is 1. The van der Waals surface area contributed by atoms with Crippen molar-refractivity contribution < 1.29 is 22.7 Å². The van der Waals surface area contributed by atoms with Crippen molar-refractivity contribution in [3.8, 4) is 0 Å². The Hall–Kier alpha value is -1.11. The van der Waals surface area contributed by atoms with Crippen LogP contribution in [-0.4, -0.2) is 18.1 Å². The Morgan fingerprint density at radius 2 is 2.25 bits per heavy atom. The molecule has 0 fully saturated rings. The second-order valence-corrected chi connectivity index (χ2v) is 3.36. The van der Waals surface area contributed by atoms with Crippen LogP contribution in [0.15, 0.2) is 6.07 Å². The molecule has 0 N–H and O–H groups in total. The fraction of sp³-hybridized carbons (Fsp3) is 0.333. The second kappa shape index (κ2) is 5.29. The first-order valence-electron chi connectivity index (χ1n) is 4.13. The summed E-state index contributed by atoms with van der Waals surface area (Å²) in [6, 6.07) is 1.07. The van der Waals surface area contributed by atoms with Crippen LogP contribution in [0.3, 0.4) is 0 Å². The Morgan fingerprint density at radius 3 is 2.69 bits per heavy atom. The van der Waals surface area contributed by atoms with E-state index in [0.29, 0.717) is 0 Å². The van der Waals surface area contributed by atoms with Crippen molar-refractivity contribution in [3.05, 3.63) is 28.8 Å². The topological polar surface area (TPSA) is 39.2 Å². The molecule has 0 saturated heterocycles. The number of ether oxygens (including phenoxy) is 1. The summed E-state index contributed by atoms with van der Waals surface area (Å²) < 4.78 is 42.5. The quantitative estimate of drug-likeness (QED) is 0.489. The summed E-state index contributed by atoms with van der Waals surface area (Å²) in [5.41, 5.74) is -1.16. The number of aromatic nitrogens is 1. The van der Waals surface area contributed by atoms with E-state index in [2.05, 4.69) is 25.7 Å². The van der Waals surface area contributed by atoms with Crippen LogP contribution in [0.25, 0.3) is 0 Å². The fourth-order valence-electron chi connectivity index (χ4n) is 1.12. The maximum absolute atomic E-state index is 13.2. The van der Waals surface area contributed by atoms with Crippen LogP contribution in [0.2, 0.25) is 0 Å². The average molecular weight is 298 g/mol. The normalized spacial score (nSPS) is 10.6. The maximum Gasteiger partial charge on any atom is 0.356 e. The predicted octanol–water partition coefficient (Wildman–Crippen LogP) is 2.84. The van der Waals surface area contributed by atoms with Gasteiger partial charge >= 0.3 is 5.97 Å². The zero-order chi connectivity index (χ0) is 12.3. The molecule has 0 aliphatic rings. The number of hydrogen-bond acceptors (Lipinski definition) is 3. The Bertz CT molecular complexity index is 412. The number of carbonyl (C=O) groups is 1. The van der Waals surface area contributed by atoms with Crippen molar-refractivity contribution in [1.29, 1.82) is 0 Å². The monoisotopic (exact) mass is 297 g/mol. The first-order chi connectivity index (χ1) is 7.51. The van der Waals surface area contributed by atoms with Gasteiger partial charge in [-0.2, -0.15) is 4.39 Å². The Labute approximate surface area is 97.8 Å². The van der Waals surface area contributed by atoms with Gasteiger partial charge in [-0.25, -0.2) is 18.6 Å². The molecule has 0 spiro atoms. The van der Waals surface area contributed by atoms with E-state index in [1.54, 1.807) is 0 Å². The van der Waals surface area contributed by atoms with Crippen molar-refractivity contribution >= 4 is 21.9 Å². The van der Waals surface area contributed by atoms with Gasteiger partial charge in [0, 0.05) is 5.33 Å². The first-order valence-corrected chi connectivity index (χ1v) is 5.25. The molecular formula is C9H7BrF3NO2. The lowest BCUT2D eigenvalue weighted by Crippen LogP contribution is -2.10. The molecule has 16 heavy (non-hydrogen) atoms. The number of esters is 1. The number of hydrogen-bond donors (Lipinski definition) is 0. The Morgan fingerprint density at radius 1 is 1.62 bits per heavy atom. The van der Waals surface area contributed by atoms with E-state index < -0.39 is 23.9 Å². The van der Waals surface area contributed by atoms with Crippen molar-refractivity contribution in [3.63, 3.8) is 0 Å². The van der Waals surface area contributed by atoms with Gasteiger partial charge in [0.05, 0.1) is 12.7 Å². The highest BCUT2D eigenvalue weighted by Gasteiger charge is 2.22. The Kier molecular flexibility index (Phi) is 4.28. The molecule has 0 aliphatic heterocycles. The second-order valence-electron chi connectivity index (χ2n) is 2.80. The molecule has 1 aromatic heterocycles. The molecule has 0 aliphatic carbocycles. The fourth-order valence-corrected chi connectivity index (χ4v) is 1.59. The third-order valence-electron chi connectivity index (χ3n) is 1.85. The van der Waals surface area contributed by atoms with Crippen LogP contribution in [0.1, 0.15) is 28.0 Å². The third-order valence-corrected chi connectivity index (χ3v) is 2.46. The lowest BCUT2D eigenvalue weighted by Gasteiger charge is -2.08. The molecule has 0 amide bonds. The van der Waals surface area contributed by atoms with Crippen molar-refractivity contribution in [2.45, 2.75) is 11.8 Å². The number of methoxy groups -OCH3 is 1. The van der Waals surface area contributed by atoms with E-state index in [1.807, 2.05) is 0 Å². The molecule has 0 bridgehead atoms. The highest BCUT2D eigenvalue weighted by atomic mass is 79.9. The molecule has 3 nitrogen and oxygen atoms in total. The van der Waals surface area contributed by atoms with E-state index in [9.17, 15) is 18.0 Å². The molecule has 0 aromatic carbocycles. The van der Waals surface area contributed by atoms with E-state index in [0.717, 1.165) is 13.2 Å². The van der Waals surface area contributed by atoms with Gasteiger partial charge < -0.3 is 4.74 Å². The highest BCUT2D eigenvalue weighted by Crippen LogP contribution is 2.27. The van der Waals surface area contributed by atoms with Gasteiger partial charge in [-0.1, -0.05) is 15.9 Å². The van der Waals surface area contributed by atoms with Crippen LogP contribution in [0.5, 0.6) is 0 Å². The van der Waals surface area contributed by atoms with E-state index in [1.165, 1.54) is 0 Å². The van der Waals surface area contributed by atoms with Gasteiger partial charge in [0.1, 0.15) is 0 Å². The van der Waals surface area contributed by atoms with Crippen LogP contribution >= 0.6 is 15.9 Å². The maximum atomic E-state index is 13.2. The summed E-state index contributed by atoms with van der Waals surface area (Å²) in [6.07, 6.45) is -2.98. The van der Waals surface area contributed by atoms with Crippen LogP contribution in [0.4, 0.5) is 13.2 Å². The summed E-state index contributed by atoms with van der Waals surface area (Å²) in [5.74, 6) is -2.23. The summed E-state index contributed by atoms with van der Waals surface area (Å²) in [7, 11) is 1.09. The molecule has 1 rings (SSSR count). The molecule has 88 valence electrons. The summed E-state index contributed by atoms with van der Waals surface area (Å²) in [4.78, 5) is 14.2. The van der Waals surface area contributed by atoms with Crippen LogP contribution in [-0.2, 0) is 10.1 Å². The Balaban J connectivity index is 3.32. The van der Waals surface area contributed by atoms with Gasteiger partial charge in [-0.15, -0.1) is 0 Å².